The molecular formula is C24H24O3. The summed E-state index contributed by atoms with van der Waals surface area (Å²) in [6, 6.07) is 20.1. The van der Waals surface area contributed by atoms with Crippen molar-refractivity contribution in [2.24, 2.45) is 23.7 Å². The summed E-state index contributed by atoms with van der Waals surface area (Å²) in [5.74, 6) is -0.364. The van der Waals surface area contributed by atoms with Crippen molar-refractivity contribution >= 4 is 24.6 Å². The Bertz CT molecular complexity index is 808. The van der Waals surface area contributed by atoms with Crippen molar-refractivity contribution in [1.29, 1.82) is 0 Å². The third-order valence-corrected chi connectivity index (χ3v) is 5.35. The Morgan fingerprint density at radius 2 is 1.41 bits per heavy atom. The Morgan fingerprint density at radius 1 is 0.889 bits per heavy atom. The molecule has 138 valence electrons. The van der Waals surface area contributed by atoms with E-state index in [0.29, 0.717) is 0 Å². The number of hydrogen-bond acceptors (Lipinski definition) is 3. The third kappa shape index (κ3) is 4.82. The molecule has 4 atom stereocenters. The molecule has 2 aromatic carbocycles. The largest absolute Gasteiger partial charge is 0.395 e. The van der Waals surface area contributed by atoms with Crippen molar-refractivity contribution < 1.29 is 14.3 Å². The Hall–Kier alpha value is -2.94. The normalized spacial score (nSPS) is 25.1. The van der Waals surface area contributed by atoms with Crippen molar-refractivity contribution in [2.75, 3.05) is 0 Å². The second-order valence-corrected chi connectivity index (χ2v) is 7.02. The summed E-state index contributed by atoms with van der Waals surface area (Å²) >= 11 is 0. The minimum Gasteiger partial charge on any atom is -0.395 e. The number of rotatable bonds is 6. The van der Waals surface area contributed by atoms with Gasteiger partial charge >= 0.3 is 12.4 Å². The van der Waals surface area contributed by atoms with Crippen molar-refractivity contribution in [1.82, 2.24) is 0 Å². The van der Waals surface area contributed by atoms with Gasteiger partial charge in [0, 0.05) is 0 Å². The van der Waals surface area contributed by atoms with Gasteiger partial charge in [0.1, 0.15) is 0 Å². The Balaban J connectivity index is 1.79. The van der Waals surface area contributed by atoms with Crippen LogP contribution in [0.15, 0.2) is 72.8 Å². The van der Waals surface area contributed by atoms with Crippen molar-refractivity contribution in [3.05, 3.63) is 83.9 Å². The molecule has 27 heavy (non-hydrogen) atoms. The number of ether oxygens (including phenoxy) is 1. The van der Waals surface area contributed by atoms with Gasteiger partial charge in [-0.3, -0.25) is 9.59 Å². The van der Waals surface area contributed by atoms with Crippen LogP contribution in [0.25, 0.3) is 12.2 Å². The number of esters is 1. The minimum atomic E-state index is -0.434. The fourth-order valence-corrected chi connectivity index (χ4v) is 3.90. The average molecular weight is 360 g/mol. The number of allylic oxidation sites excluding steroid dienone is 2. The molecule has 0 saturated heterocycles. The van der Waals surface area contributed by atoms with Gasteiger partial charge in [-0.15, -0.1) is 0 Å². The summed E-state index contributed by atoms with van der Waals surface area (Å²) in [6.07, 6.45) is 9.26. The fourth-order valence-electron chi connectivity index (χ4n) is 3.90. The van der Waals surface area contributed by atoms with E-state index >= 15 is 0 Å². The lowest BCUT2D eigenvalue weighted by Gasteiger charge is -2.18. The maximum Gasteiger partial charge on any atom is 0.317 e. The highest BCUT2D eigenvalue weighted by Crippen LogP contribution is 2.44. The molecular weight excluding hydrogens is 336 g/mol. The molecule has 0 bridgehead atoms. The zero-order chi connectivity index (χ0) is 19.1. The predicted molar refractivity (Wildman–Crippen MR) is 107 cm³/mol. The average Bonchev–Trinajstić information content (AvgIpc) is 3.02. The second kappa shape index (κ2) is 9.13. The van der Waals surface area contributed by atoms with Gasteiger partial charge in [0.05, 0.1) is 5.92 Å². The highest BCUT2D eigenvalue weighted by atomic mass is 16.6. The molecule has 3 rings (SSSR count). The molecule has 4 unspecified atom stereocenters. The molecule has 1 fully saturated rings. The highest BCUT2D eigenvalue weighted by Gasteiger charge is 2.43. The SMILES string of the molecule is CC1C(/C=C/c2ccccc2)CC(/C=C/c2ccccc2)C1C(=O)OC=O. The number of hydrogen-bond donors (Lipinski definition) is 0. The van der Waals surface area contributed by atoms with E-state index in [1.807, 2.05) is 54.6 Å². The monoisotopic (exact) mass is 360 g/mol. The lowest BCUT2D eigenvalue weighted by atomic mass is 9.88. The van der Waals surface area contributed by atoms with Crippen LogP contribution in [0.1, 0.15) is 24.5 Å². The predicted octanol–water partition coefficient (Wildman–Crippen LogP) is 5.00. The third-order valence-electron chi connectivity index (χ3n) is 5.35. The molecule has 0 heterocycles. The van der Waals surface area contributed by atoms with E-state index in [0.717, 1.165) is 17.5 Å². The van der Waals surface area contributed by atoms with Crippen LogP contribution >= 0.6 is 0 Å². The van der Waals surface area contributed by atoms with Crippen molar-refractivity contribution in [2.45, 2.75) is 13.3 Å². The first-order valence-corrected chi connectivity index (χ1v) is 9.29. The molecule has 3 heteroatoms. The number of carbonyl (C=O) groups excluding carboxylic acids is 2. The summed E-state index contributed by atoms with van der Waals surface area (Å²) < 4.78 is 4.71. The van der Waals surface area contributed by atoms with Crippen LogP contribution in [0.2, 0.25) is 0 Å². The zero-order valence-corrected chi connectivity index (χ0v) is 15.4. The quantitative estimate of drug-likeness (QED) is 0.413. The van der Waals surface area contributed by atoms with Crippen LogP contribution in [0.5, 0.6) is 0 Å². The van der Waals surface area contributed by atoms with E-state index in [-0.39, 0.29) is 30.1 Å². The molecule has 3 nitrogen and oxygen atoms in total. The van der Waals surface area contributed by atoms with Crippen LogP contribution in [0.3, 0.4) is 0 Å². The summed E-state index contributed by atoms with van der Waals surface area (Å²) in [5, 5.41) is 0. The number of carbonyl (C=O) groups is 2. The molecule has 1 aliphatic carbocycles. The van der Waals surface area contributed by atoms with Crippen LogP contribution in [0, 0.1) is 23.7 Å². The first kappa shape index (κ1) is 18.8. The van der Waals surface area contributed by atoms with Crippen LogP contribution in [-0.4, -0.2) is 12.4 Å². The van der Waals surface area contributed by atoms with Gasteiger partial charge in [0.2, 0.25) is 0 Å². The summed E-state index contributed by atoms with van der Waals surface area (Å²) in [7, 11) is 0. The maximum atomic E-state index is 12.4. The van der Waals surface area contributed by atoms with Crippen molar-refractivity contribution in [3.8, 4) is 0 Å². The molecule has 1 saturated carbocycles. The Morgan fingerprint density at radius 3 is 1.93 bits per heavy atom. The van der Waals surface area contributed by atoms with Gasteiger partial charge < -0.3 is 4.74 Å². The van der Waals surface area contributed by atoms with Crippen LogP contribution in [-0.2, 0) is 14.3 Å². The van der Waals surface area contributed by atoms with Gasteiger partial charge in [0.15, 0.2) is 0 Å². The van der Waals surface area contributed by atoms with Crippen molar-refractivity contribution in [3.63, 3.8) is 0 Å². The number of benzene rings is 2. The zero-order valence-electron chi connectivity index (χ0n) is 15.4. The molecule has 0 N–H and O–H groups in total. The second-order valence-electron chi connectivity index (χ2n) is 7.02. The van der Waals surface area contributed by atoms with Gasteiger partial charge in [-0.1, -0.05) is 91.9 Å². The van der Waals surface area contributed by atoms with E-state index in [1.165, 1.54) is 0 Å². The van der Waals surface area contributed by atoms with E-state index in [4.69, 9.17) is 4.74 Å². The van der Waals surface area contributed by atoms with Gasteiger partial charge in [-0.2, -0.15) is 0 Å². The first-order valence-electron chi connectivity index (χ1n) is 9.29. The standard InChI is InChI=1S/C24H24O3/c1-18-21(14-12-19-8-4-2-5-9-19)16-22(23(18)24(26)27-17-25)15-13-20-10-6-3-7-11-20/h2-15,17-18,21-23H,16H2,1H3/b14-12+,15-13+. The van der Waals surface area contributed by atoms with Gasteiger partial charge in [-0.25, -0.2) is 0 Å². The summed E-state index contributed by atoms with van der Waals surface area (Å²) in [6.45, 7) is 2.30. The van der Waals surface area contributed by atoms with E-state index in [2.05, 4.69) is 37.3 Å². The summed E-state index contributed by atoms with van der Waals surface area (Å²) in [5.41, 5.74) is 2.23. The van der Waals surface area contributed by atoms with Gasteiger partial charge in [-0.05, 0) is 35.3 Å². The molecule has 1 aliphatic rings. The molecule has 0 amide bonds. The molecule has 2 aromatic rings. The topological polar surface area (TPSA) is 43.4 Å². The highest BCUT2D eigenvalue weighted by molar-refractivity contribution is 5.80. The van der Waals surface area contributed by atoms with Crippen LogP contribution in [0.4, 0.5) is 0 Å². The lowest BCUT2D eigenvalue weighted by Crippen LogP contribution is -2.25. The van der Waals surface area contributed by atoms with E-state index < -0.39 is 5.97 Å². The Labute approximate surface area is 160 Å². The molecule has 0 radical (unpaired) electrons. The smallest absolute Gasteiger partial charge is 0.317 e. The molecule has 0 spiro atoms. The fraction of sp³-hybridized carbons (Fsp3) is 0.250. The summed E-state index contributed by atoms with van der Waals surface area (Å²) in [4.78, 5) is 23.1. The van der Waals surface area contributed by atoms with E-state index in [1.54, 1.807) is 0 Å². The first-order chi connectivity index (χ1) is 13.2. The molecule has 0 aromatic heterocycles. The minimum absolute atomic E-state index is 0.0399. The molecule has 0 aliphatic heterocycles. The van der Waals surface area contributed by atoms with E-state index in [9.17, 15) is 9.59 Å². The van der Waals surface area contributed by atoms with Gasteiger partial charge in [0.25, 0.3) is 0 Å². The Kier molecular flexibility index (Phi) is 6.37. The maximum absolute atomic E-state index is 12.4. The van der Waals surface area contributed by atoms with Crippen LogP contribution < -0.4 is 0 Å². The lowest BCUT2D eigenvalue weighted by molar-refractivity contribution is -0.156.